The van der Waals surface area contributed by atoms with Crippen molar-refractivity contribution >= 4 is 28.2 Å². The summed E-state index contributed by atoms with van der Waals surface area (Å²) >= 11 is 0. The molecule has 2 fully saturated rings. The van der Waals surface area contributed by atoms with Crippen molar-refractivity contribution in [2.75, 3.05) is 18.5 Å². The van der Waals surface area contributed by atoms with Crippen molar-refractivity contribution in [2.24, 2.45) is 5.41 Å². The molecule has 1 aromatic heterocycles. The summed E-state index contributed by atoms with van der Waals surface area (Å²) < 4.78 is 13.0. The first kappa shape index (κ1) is 30.4. The molecule has 0 amide bonds. The maximum atomic E-state index is 14.4. The smallest absolute Gasteiger partial charge is 0.240 e. The van der Waals surface area contributed by atoms with E-state index in [-0.39, 0.29) is 53.1 Å². The van der Waals surface area contributed by atoms with Crippen molar-refractivity contribution in [1.29, 1.82) is 0 Å². The Morgan fingerprint density at radius 3 is 2.49 bits per heavy atom. The number of nitrogens with zero attached hydrogens (tertiary/aromatic N) is 1. The van der Waals surface area contributed by atoms with E-state index < -0.39 is 59.4 Å². The van der Waals surface area contributed by atoms with Crippen LogP contribution in [0.3, 0.4) is 0 Å². The van der Waals surface area contributed by atoms with Gasteiger partial charge in [0.15, 0.2) is 5.78 Å². The molecular weight excluding hydrogens is 608 g/mol. The van der Waals surface area contributed by atoms with Gasteiger partial charge in [-0.25, -0.2) is 4.98 Å². The fourth-order valence-corrected chi connectivity index (χ4v) is 8.50. The van der Waals surface area contributed by atoms with Gasteiger partial charge in [0.05, 0.1) is 23.8 Å². The van der Waals surface area contributed by atoms with Gasteiger partial charge in [0, 0.05) is 46.7 Å². The monoisotopic (exact) mass is 644 g/mol. The lowest BCUT2D eigenvalue weighted by atomic mass is 9.74. The van der Waals surface area contributed by atoms with Crippen LogP contribution in [0.2, 0.25) is 0 Å². The topological polar surface area (TPSA) is 199 Å². The number of pyridine rings is 1. The summed E-state index contributed by atoms with van der Waals surface area (Å²) in [6.07, 6.45) is 1.22. The summed E-state index contributed by atoms with van der Waals surface area (Å²) in [6.45, 7) is 0.957. The Kier molecular flexibility index (Phi) is 6.66. The van der Waals surface area contributed by atoms with Crippen molar-refractivity contribution in [1.82, 2.24) is 4.98 Å². The van der Waals surface area contributed by atoms with E-state index in [1.54, 1.807) is 25.1 Å². The van der Waals surface area contributed by atoms with Crippen LogP contribution >= 0.6 is 0 Å². The van der Waals surface area contributed by atoms with Crippen molar-refractivity contribution in [3.63, 3.8) is 0 Å². The summed E-state index contributed by atoms with van der Waals surface area (Å²) in [7, 11) is 0. The molecule has 1 saturated heterocycles. The highest BCUT2D eigenvalue weighted by atomic mass is 16.7. The van der Waals surface area contributed by atoms with E-state index in [9.17, 15) is 40.2 Å². The third kappa shape index (κ3) is 4.06. The number of rotatable bonds is 1. The lowest BCUT2D eigenvalue weighted by Gasteiger charge is -2.54. The molecule has 2 spiro atoms. The normalized spacial score (nSPS) is 32.9. The van der Waals surface area contributed by atoms with Gasteiger partial charge < -0.3 is 45.4 Å². The van der Waals surface area contributed by atoms with Crippen LogP contribution in [0, 0.1) is 12.3 Å². The van der Waals surface area contributed by atoms with Crippen LogP contribution < -0.4 is 10.1 Å². The summed E-state index contributed by atoms with van der Waals surface area (Å²) in [4.78, 5) is 33.3. The Morgan fingerprint density at radius 2 is 1.74 bits per heavy atom. The molecule has 2 aliphatic carbocycles. The molecule has 47 heavy (non-hydrogen) atoms. The molecule has 6 atom stereocenters. The van der Waals surface area contributed by atoms with E-state index >= 15 is 0 Å². The fourth-order valence-electron chi connectivity index (χ4n) is 8.50. The molecule has 9 rings (SSSR count). The Labute approximate surface area is 269 Å². The van der Waals surface area contributed by atoms with Crippen molar-refractivity contribution < 1.29 is 49.7 Å². The summed E-state index contributed by atoms with van der Waals surface area (Å²) in [5, 5.41) is 71.6. The molecule has 5 heterocycles. The Balaban J connectivity index is 1.44. The zero-order valence-corrected chi connectivity index (χ0v) is 25.7. The largest absolute Gasteiger partial charge is 0.507 e. The number of benzene rings is 2. The number of hydrogen-bond donors (Lipinski definition) is 7. The van der Waals surface area contributed by atoms with Crippen molar-refractivity contribution in [2.45, 2.75) is 81.3 Å². The lowest BCUT2D eigenvalue weighted by Crippen LogP contribution is -2.72. The summed E-state index contributed by atoms with van der Waals surface area (Å²) in [6, 6.07) is 4.58. The third-order valence-electron chi connectivity index (χ3n) is 11.0. The van der Waals surface area contributed by atoms with Crippen molar-refractivity contribution in [3.05, 3.63) is 69.9 Å². The molecule has 1 saturated carbocycles. The second-order valence-electron chi connectivity index (χ2n) is 13.7. The van der Waals surface area contributed by atoms with E-state index in [0.29, 0.717) is 40.6 Å². The highest BCUT2D eigenvalue weighted by molar-refractivity contribution is 6.34. The number of anilines is 1. The van der Waals surface area contributed by atoms with Gasteiger partial charge in [0.2, 0.25) is 11.6 Å². The average Bonchev–Trinajstić information content (AvgIpc) is 3.55. The Hall–Kier alpha value is -3.91. The standard InChI is InChI=1S/C35H36N2O10/c1-16-12-19-23(20(39)13-16)27(42)25-24(26(19)41)17-5-11-36-32-22(17)18-4-8-35(46-29(18)25)31(45)28(43)30(44)34(15-38,47-35)10-9-33(6-2-3-7-33)21(40)14-37-32/h5,9-13,21,28,30-31,38-40,43-45H,2-4,6-8,14-15H2,1H3,(H,36,37)/b10-9-/t21-,28-,30-,31+,34+,35+/m0/s1. The van der Waals surface area contributed by atoms with Crippen LogP contribution in [0.25, 0.3) is 10.8 Å². The summed E-state index contributed by atoms with van der Waals surface area (Å²) in [5.74, 6) is -3.39. The second kappa shape index (κ2) is 10.3. The molecule has 3 aromatic rings. The molecule has 7 N–H and O–H groups in total. The molecular formula is C35H36N2O10. The first-order valence-corrected chi connectivity index (χ1v) is 16.0. The van der Waals surface area contributed by atoms with Gasteiger partial charge >= 0.3 is 0 Å². The molecule has 6 aliphatic rings. The molecule has 0 radical (unpaired) electrons. The minimum atomic E-state index is -2.08. The molecule has 12 heteroatoms. The molecule has 2 aromatic carbocycles. The van der Waals surface area contributed by atoms with Crippen LogP contribution in [0.1, 0.15) is 75.1 Å². The lowest BCUT2D eigenvalue weighted by molar-refractivity contribution is -0.364. The van der Waals surface area contributed by atoms with Gasteiger partial charge in [-0.3, -0.25) is 9.59 Å². The maximum Gasteiger partial charge on any atom is 0.240 e. The maximum absolute atomic E-state index is 14.4. The number of aromatic hydroxyl groups is 1. The number of aryl methyl sites for hydroxylation is 2. The van der Waals surface area contributed by atoms with Gasteiger partial charge in [-0.15, -0.1) is 0 Å². The first-order valence-electron chi connectivity index (χ1n) is 16.0. The highest BCUT2D eigenvalue weighted by Gasteiger charge is 2.62. The Bertz CT molecular complexity index is 1900. The van der Waals surface area contributed by atoms with E-state index in [4.69, 9.17) is 9.47 Å². The number of ether oxygens (including phenoxy) is 2. The predicted octanol–water partition coefficient (Wildman–Crippen LogP) is 1.79. The quantitative estimate of drug-likeness (QED) is 0.149. The van der Waals surface area contributed by atoms with E-state index in [1.165, 1.54) is 18.3 Å². The zero-order chi connectivity index (χ0) is 33.0. The molecule has 0 unspecified atom stereocenters. The highest BCUT2D eigenvalue weighted by Crippen LogP contribution is 2.53. The molecule has 4 aliphatic heterocycles. The molecule has 12 nitrogen and oxygen atoms in total. The van der Waals surface area contributed by atoms with Crippen molar-refractivity contribution in [3.8, 4) is 11.5 Å². The summed E-state index contributed by atoms with van der Waals surface area (Å²) in [5.41, 5.74) is -1.95. The number of carbonyl (C=O) groups excluding carboxylic acids is 2. The number of carbonyl (C=O) groups is 2. The van der Waals surface area contributed by atoms with E-state index in [1.807, 2.05) is 0 Å². The zero-order valence-electron chi connectivity index (χ0n) is 25.7. The van der Waals surface area contributed by atoms with Gasteiger partial charge in [-0.2, -0.15) is 0 Å². The number of fused-ring (bicyclic) bond motifs is 6. The number of hydrogen-bond acceptors (Lipinski definition) is 12. The minimum Gasteiger partial charge on any atom is -0.507 e. The Morgan fingerprint density at radius 1 is 0.979 bits per heavy atom. The number of ketones is 2. The number of nitrogens with one attached hydrogen (secondary N) is 1. The fraction of sp³-hybridized carbons (Fsp3) is 0.457. The number of aromatic nitrogens is 1. The van der Waals surface area contributed by atoms with Gasteiger partial charge in [-0.1, -0.05) is 25.0 Å². The first-order chi connectivity index (χ1) is 22.5. The van der Waals surface area contributed by atoms with E-state index in [0.717, 1.165) is 12.8 Å². The second-order valence-corrected chi connectivity index (χ2v) is 13.7. The molecule has 246 valence electrons. The van der Waals surface area contributed by atoms with Gasteiger partial charge in [0.1, 0.15) is 41.2 Å². The van der Waals surface area contributed by atoms with Crippen LogP contribution in [0.4, 0.5) is 5.82 Å². The number of phenols is 1. The number of aliphatic hydroxyl groups is 5. The van der Waals surface area contributed by atoms with Crippen LogP contribution in [0.15, 0.2) is 36.5 Å². The molecule has 5 bridgehead atoms. The van der Waals surface area contributed by atoms with Gasteiger partial charge in [0.25, 0.3) is 0 Å². The van der Waals surface area contributed by atoms with Crippen LogP contribution in [-0.4, -0.2) is 96.1 Å². The van der Waals surface area contributed by atoms with Gasteiger partial charge in [-0.05, 0) is 55.3 Å². The number of phenolic OH excluding ortho intramolecular Hbond substituents is 1. The van der Waals surface area contributed by atoms with Crippen LogP contribution in [0.5, 0.6) is 11.5 Å². The third-order valence-corrected chi connectivity index (χ3v) is 11.0. The SMILES string of the molecule is Cc1cc(O)c2c(c1)C(=O)c1c(c3c4c5c(nccc15)NC[C@H](O)C1(/C=C\[C@]5(CO)O[C@@](CC4)(O3)[C@H](O)[C@@H](O)[C@@H]5O)CCCC1)C2=O. The van der Waals surface area contributed by atoms with Crippen LogP contribution in [-0.2, 0) is 11.2 Å². The average molecular weight is 645 g/mol. The predicted molar refractivity (Wildman–Crippen MR) is 167 cm³/mol. The van der Waals surface area contributed by atoms with E-state index in [2.05, 4.69) is 10.3 Å². The number of aliphatic hydroxyl groups excluding tert-OH is 5. The minimum absolute atomic E-state index is 0.0165.